The number of aromatic nitrogens is 4. The van der Waals surface area contributed by atoms with Crippen molar-refractivity contribution in [2.24, 2.45) is 0 Å². The Bertz CT molecular complexity index is 1140. The van der Waals surface area contributed by atoms with E-state index in [1.807, 2.05) is 17.0 Å². The minimum Gasteiger partial charge on any atom is -0.375 e. The molecule has 1 fully saturated rings. The van der Waals surface area contributed by atoms with Crippen LogP contribution in [0.3, 0.4) is 0 Å². The van der Waals surface area contributed by atoms with Gasteiger partial charge < -0.3 is 15.6 Å². The summed E-state index contributed by atoms with van der Waals surface area (Å²) >= 11 is 1.27. The number of pyridine rings is 1. The molecule has 1 amide bonds. The van der Waals surface area contributed by atoms with Crippen LogP contribution in [0.2, 0.25) is 0 Å². The number of thiazole rings is 1. The Morgan fingerprint density at radius 2 is 2.21 bits per heavy atom. The Balaban J connectivity index is 1.52. The van der Waals surface area contributed by atoms with Gasteiger partial charge in [-0.2, -0.15) is 0 Å². The number of piperidine rings is 1. The molecular formula is C20H20N6O2S. The van der Waals surface area contributed by atoms with E-state index in [1.165, 1.54) is 11.3 Å². The molecule has 29 heavy (non-hydrogen) atoms. The Morgan fingerprint density at radius 3 is 2.97 bits per heavy atom. The molecular weight excluding hydrogens is 388 g/mol. The zero-order valence-corrected chi connectivity index (χ0v) is 16.5. The van der Waals surface area contributed by atoms with E-state index in [4.69, 9.17) is 10.7 Å². The van der Waals surface area contributed by atoms with E-state index in [1.54, 1.807) is 17.8 Å². The van der Waals surface area contributed by atoms with Crippen molar-refractivity contribution in [3.8, 4) is 11.4 Å². The molecule has 3 N–H and O–H groups in total. The van der Waals surface area contributed by atoms with Gasteiger partial charge in [0.2, 0.25) is 0 Å². The van der Waals surface area contributed by atoms with E-state index in [9.17, 15) is 9.59 Å². The van der Waals surface area contributed by atoms with Crippen molar-refractivity contribution in [2.45, 2.75) is 31.1 Å². The Hall–Kier alpha value is -3.07. The Morgan fingerprint density at radius 1 is 1.31 bits per heavy atom. The minimum absolute atomic E-state index is 0.0959. The number of nitrogens with two attached hydrogens (primary N) is 1. The number of carbonyl (C=O) groups excluding carboxylic acids is 1. The number of anilines is 1. The molecule has 4 heterocycles. The number of nitrogen functional groups attached to an aromatic ring is 1. The number of carbonyl (C=O) groups is 1. The maximum absolute atomic E-state index is 12.9. The second kappa shape index (κ2) is 6.77. The molecule has 0 saturated carbocycles. The van der Waals surface area contributed by atoms with Gasteiger partial charge in [-0.25, -0.2) is 9.97 Å². The SMILES string of the molecule is Nc1nc(C(=O)N2CCCC3(CCc4c3nc(-c3cccnc3)[nH]c4=O)C2)cs1. The molecule has 0 radical (unpaired) electrons. The van der Waals surface area contributed by atoms with Gasteiger partial charge in [0.1, 0.15) is 11.5 Å². The molecule has 1 aliphatic heterocycles. The number of H-pyrrole nitrogens is 1. The van der Waals surface area contributed by atoms with Crippen LogP contribution in [-0.2, 0) is 11.8 Å². The molecule has 5 rings (SSSR count). The van der Waals surface area contributed by atoms with Crippen LogP contribution in [0, 0.1) is 0 Å². The van der Waals surface area contributed by atoms with Gasteiger partial charge in [0.15, 0.2) is 5.13 Å². The van der Waals surface area contributed by atoms with Crippen LogP contribution < -0.4 is 11.3 Å². The molecule has 1 aliphatic carbocycles. The van der Waals surface area contributed by atoms with Gasteiger partial charge >= 0.3 is 0 Å². The maximum Gasteiger partial charge on any atom is 0.273 e. The molecule has 0 bridgehead atoms. The highest BCUT2D eigenvalue weighted by atomic mass is 32.1. The van der Waals surface area contributed by atoms with E-state index in [0.717, 1.165) is 36.1 Å². The van der Waals surface area contributed by atoms with Gasteiger partial charge in [0.05, 0.1) is 5.69 Å². The van der Waals surface area contributed by atoms with Crippen LogP contribution in [-0.4, -0.2) is 43.8 Å². The molecule has 1 spiro atoms. The number of rotatable bonds is 2. The van der Waals surface area contributed by atoms with Crippen molar-refractivity contribution < 1.29 is 4.79 Å². The standard InChI is InChI=1S/C20H20N6O2S/c21-19-23-14(10-29-19)18(28)26-8-2-5-20(11-26)6-4-13-15(20)24-16(25-17(13)27)12-3-1-7-22-9-12/h1,3,7,9-10H,2,4-6,8,11H2,(H2,21,23)(H,24,25,27). The number of amides is 1. The zero-order valence-electron chi connectivity index (χ0n) is 15.7. The smallest absolute Gasteiger partial charge is 0.273 e. The minimum atomic E-state index is -0.296. The van der Waals surface area contributed by atoms with Gasteiger partial charge in [-0.3, -0.25) is 14.6 Å². The van der Waals surface area contributed by atoms with Crippen molar-refractivity contribution in [3.63, 3.8) is 0 Å². The number of hydrogen-bond donors (Lipinski definition) is 2. The maximum atomic E-state index is 12.9. The van der Waals surface area contributed by atoms with Gasteiger partial charge in [-0.05, 0) is 37.8 Å². The molecule has 1 saturated heterocycles. The first-order valence-corrected chi connectivity index (χ1v) is 10.5. The number of hydrogen-bond acceptors (Lipinski definition) is 7. The zero-order chi connectivity index (χ0) is 20.0. The van der Waals surface area contributed by atoms with Crippen molar-refractivity contribution in [1.82, 2.24) is 24.8 Å². The first-order chi connectivity index (χ1) is 14.1. The van der Waals surface area contributed by atoms with E-state index in [2.05, 4.69) is 15.0 Å². The second-order valence-electron chi connectivity index (χ2n) is 7.66. The highest BCUT2D eigenvalue weighted by molar-refractivity contribution is 7.13. The number of likely N-dealkylation sites (tertiary alicyclic amines) is 1. The van der Waals surface area contributed by atoms with E-state index >= 15 is 0 Å². The number of nitrogens with one attached hydrogen (secondary N) is 1. The molecule has 3 aromatic heterocycles. The molecule has 8 nitrogen and oxygen atoms in total. The van der Waals surface area contributed by atoms with Crippen LogP contribution in [0.25, 0.3) is 11.4 Å². The molecule has 9 heteroatoms. The summed E-state index contributed by atoms with van der Waals surface area (Å²) in [7, 11) is 0. The number of nitrogens with zero attached hydrogens (tertiary/aromatic N) is 4. The lowest BCUT2D eigenvalue weighted by Gasteiger charge is -2.40. The molecule has 2 aliphatic rings. The van der Waals surface area contributed by atoms with E-state index < -0.39 is 0 Å². The monoisotopic (exact) mass is 408 g/mol. The highest BCUT2D eigenvalue weighted by Gasteiger charge is 2.46. The van der Waals surface area contributed by atoms with E-state index in [0.29, 0.717) is 36.2 Å². The fourth-order valence-corrected chi connectivity index (χ4v) is 5.08. The van der Waals surface area contributed by atoms with Gasteiger partial charge in [0.25, 0.3) is 11.5 Å². The molecule has 148 valence electrons. The van der Waals surface area contributed by atoms with Crippen molar-refractivity contribution in [2.75, 3.05) is 18.8 Å². The average Bonchev–Trinajstić information content (AvgIpc) is 3.33. The Kier molecular flexibility index (Phi) is 4.20. The normalized spacial score (nSPS) is 20.8. The van der Waals surface area contributed by atoms with Crippen LogP contribution in [0.4, 0.5) is 5.13 Å². The quantitative estimate of drug-likeness (QED) is 0.670. The summed E-state index contributed by atoms with van der Waals surface area (Å²) in [5, 5.41) is 2.09. The Labute approximate surface area is 170 Å². The van der Waals surface area contributed by atoms with Crippen LogP contribution in [0.15, 0.2) is 34.7 Å². The molecule has 3 aromatic rings. The van der Waals surface area contributed by atoms with Crippen LogP contribution in [0.5, 0.6) is 0 Å². The van der Waals surface area contributed by atoms with Crippen LogP contribution >= 0.6 is 11.3 Å². The lowest BCUT2D eigenvalue weighted by molar-refractivity contribution is 0.0628. The summed E-state index contributed by atoms with van der Waals surface area (Å²) in [6, 6.07) is 3.70. The summed E-state index contributed by atoms with van der Waals surface area (Å²) in [6.45, 7) is 1.21. The lowest BCUT2D eigenvalue weighted by atomic mass is 9.77. The highest BCUT2D eigenvalue weighted by Crippen LogP contribution is 2.43. The van der Waals surface area contributed by atoms with Gasteiger partial charge in [-0.15, -0.1) is 11.3 Å². The third kappa shape index (κ3) is 3.02. The summed E-state index contributed by atoms with van der Waals surface area (Å²) in [5.41, 5.74) is 8.04. The van der Waals surface area contributed by atoms with Gasteiger partial charge in [0, 0.05) is 47.4 Å². The average molecular weight is 408 g/mol. The van der Waals surface area contributed by atoms with Crippen molar-refractivity contribution in [1.29, 1.82) is 0 Å². The third-order valence-corrected chi connectivity index (χ3v) is 6.59. The topological polar surface area (TPSA) is 118 Å². The molecule has 0 aromatic carbocycles. The number of fused-ring (bicyclic) bond motifs is 2. The summed E-state index contributed by atoms with van der Waals surface area (Å²) in [5.74, 6) is 0.418. The summed E-state index contributed by atoms with van der Waals surface area (Å²) in [6.07, 6.45) is 6.64. The largest absolute Gasteiger partial charge is 0.375 e. The first-order valence-electron chi connectivity index (χ1n) is 9.60. The third-order valence-electron chi connectivity index (χ3n) is 5.91. The first kappa shape index (κ1) is 18.0. The summed E-state index contributed by atoms with van der Waals surface area (Å²) in [4.78, 5) is 43.6. The fraction of sp³-hybridized carbons (Fsp3) is 0.350. The number of aromatic amines is 1. The van der Waals surface area contributed by atoms with Crippen molar-refractivity contribution in [3.05, 3.63) is 57.2 Å². The van der Waals surface area contributed by atoms with Crippen LogP contribution in [0.1, 0.15) is 41.0 Å². The van der Waals surface area contributed by atoms with Crippen molar-refractivity contribution >= 4 is 22.4 Å². The van der Waals surface area contributed by atoms with E-state index in [-0.39, 0.29) is 16.9 Å². The fourth-order valence-electron chi connectivity index (χ4n) is 4.54. The molecule has 1 atom stereocenters. The van der Waals surface area contributed by atoms with Gasteiger partial charge in [-0.1, -0.05) is 0 Å². The summed E-state index contributed by atoms with van der Waals surface area (Å²) < 4.78 is 0. The molecule has 1 unspecified atom stereocenters. The predicted molar refractivity (Wildman–Crippen MR) is 110 cm³/mol. The predicted octanol–water partition coefficient (Wildman–Crippen LogP) is 1.99. The second-order valence-corrected chi connectivity index (χ2v) is 8.55. The lowest BCUT2D eigenvalue weighted by Crippen LogP contribution is -2.48.